The van der Waals surface area contributed by atoms with Gasteiger partial charge in [0.05, 0.1) is 0 Å². The van der Waals surface area contributed by atoms with Gasteiger partial charge in [0.25, 0.3) is 0 Å². The summed E-state index contributed by atoms with van der Waals surface area (Å²) in [5.74, 6) is 0. The third-order valence-corrected chi connectivity index (χ3v) is 8.57. The molecule has 92 valence electrons. The van der Waals surface area contributed by atoms with E-state index in [4.69, 9.17) is 8.85 Å². The molecule has 0 aromatic heterocycles. The number of hydrogen-bond acceptors (Lipinski definition) is 2. The first kappa shape index (κ1) is 12.3. The predicted octanol–water partition coefficient (Wildman–Crippen LogP) is 3.78. The monoisotopic (exact) mass is 240 g/mol. The summed E-state index contributed by atoms with van der Waals surface area (Å²) in [6.45, 7) is 2.22. The van der Waals surface area contributed by atoms with Gasteiger partial charge in [0.15, 0.2) is 0 Å². The molecule has 1 atom stereocenters. The average Bonchev–Trinajstić information content (AvgIpc) is 2.77. The Morgan fingerprint density at radius 3 is 2.44 bits per heavy atom. The van der Waals surface area contributed by atoms with Crippen LogP contribution in [0, 0.1) is 0 Å². The van der Waals surface area contributed by atoms with Crippen molar-refractivity contribution in [3.05, 3.63) is 11.1 Å². The van der Waals surface area contributed by atoms with E-state index in [-0.39, 0.29) is 0 Å². The summed E-state index contributed by atoms with van der Waals surface area (Å²) in [5, 5.41) is 0. The Bertz CT molecular complexity index is 273. The van der Waals surface area contributed by atoms with Crippen LogP contribution in [0.5, 0.6) is 0 Å². The molecule has 16 heavy (non-hydrogen) atoms. The van der Waals surface area contributed by atoms with Gasteiger partial charge in [-0.25, -0.2) is 0 Å². The molecule has 0 amide bonds. The quantitative estimate of drug-likeness (QED) is 0.550. The Balaban J connectivity index is 2.24. The summed E-state index contributed by atoms with van der Waals surface area (Å²) in [5.41, 5.74) is 4.11. The van der Waals surface area contributed by atoms with Crippen molar-refractivity contribution < 1.29 is 8.85 Å². The molecular formula is C13H24O2Si. The number of allylic oxidation sites excluding steroid dienone is 2. The van der Waals surface area contributed by atoms with Crippen LogP contribution in [-0.4, -0.2) is 22.8 Å². The predicted molar refractivity (Wildman–Crippen MR) is 68.7 cm³/mol. The Kier molecular flexibility index (Phi) is 3.87. The SMILES string of the molecule is CC[Si](OC)(OC)C1CCC2=C1CCCC2. The van der Waals surface area contributed by atoms with Gasteiger partial charge in [0.2, 0.25) is 0 Å². The molecule has 0 aromatic carbocycles. The summed E-state index contributed by atoms with van der Waals surface area (Å²) in [4.78, 5) is 0. The van der Waals surface area contributed by atoms with E-state index in [0.717, 1.165) is 6.04 Å². The Morgan fingerprint density at radius 2 is 1.81 bits per heavy atom. The lowest BCUT2D eigenvalue weighted by Gasteiger charge is -2.34. The van der Waals surface area contributed by atoms with Gasteiger partial charge >= 0.3 is 8.56 Å². The molecule has 1 unspecified atom stereocenters. The van der Waals surface area contributed by atoms with Crippen LogP contribution in [0.3, 0.4) is 0 Å². The maximum absolute atomic E-state index is 5.85. The molecule has 3 heteroatoms. The lowest BCUT2D eigenvalue weighted by Crippen LogP contribution is -2.44. The number of hydrogen-bond donors (Lipinski definition) is 0. The van der Waals surface area contributed by atoms with Crippen LogP contribution in [0.2, 0.25) is 11.6 Å². The van der Waals surface area contributed by atoms with E-state index in [1.807, 2.05) is 14.2 Å². The van der Waals surface area contributed by atoms with E-state index in [1.165, 1.54) is 38.5 Å². The van der Waals surface area contributed by atoms with Gasteiger partial charge in [-0.15, -0.1) is 0 Å². The van der Waals surface area contributed by atoms with Crippen molar-refractivity contribution in [3.63, 3.8) is 0 Å². The molecule has 2 aliphatic carbocycles. The van der Waals surface area contributed by atoms with Crippen molar-refractivity contribution in [2.45, 2.75) is 57.0 Å². The minimum absolute atomic E-state index is 0.641. The summed E-state index contributed by atoms with van der Waals surface area (Å²) in [6.07, 6.45) is 8.01. The van der Waals surface area contributed by atoms with Crippen molar-refractivity contribution in [2.24, 2.45) is 0 Å². The molecular weight excluding hydrogens is 216 g/mol. The van der Waals surface area contributed by atoms with Crippen molar-refractivity contribution >= 4 is 8.56 Å². The molecule has 0 fully saturated rings. The smallest absolute Gasteiger partial charge is 0.344 e. The Morgan fingerprint density at radius 1 is 1.12 bits per heavy atom. The first-order valence-electron chi connectivity index (χ1n) is 6.58. The highest BCUT2D eigenvalue weighted by molar-refractivity contribution is 6.69. The second kappa shape index (κ2) is 5.03. The van der Waals surface area contributed by atoms with Gasteiger partial charge < -0.3 is 8.85 Å². The molecule has 0 bridgehead atoms. The highest BCUT2D eigenvalue weighted by Crippen LogP contribution is 2.50. The van der Waals surface area contributed by atoms with E-state index in [1.54, 1.807) is 11.1 Å². The Hall–Kier alpha value is -0.123. The molecule has 0 aliphatic heterocycles. The lowest BCUT2D eigenvalue weighted by molar-refractivity contribution is 0.233. The maximum Gasteiger partial charge on any atom is 0.344 e. The summed E-state index contributed by atoms with van der Waals surface area (Å²) >= 11 is 0. The van der Waals surface area contributed by atoms with Crippen molar-refractivity contribution in [1.82, 2.24) is 0 Å². The molecule has 0 heterocycles. The molecule has 0 saturated heterocycles. The van der Waals surface area contributed by atoms with Gasteiger partial charge in [-0.2, -0.15) is 0 Å². The van der Waals surface area contributed by atoms with Crippen LogP contribution < -0.4 is 0 Å². The molecule has 2 nitrogen and oxygen atoms in total. The normalized spacial score (nSPS) is 26.1. The highest BCUT2D eigenvalue weighted by atomic mass is 28.4. The van der Waals surface area contributed by atoms with Crippen LogP contribution in [0.1, 0.15) is 45.4 Å². The van der Waals surface area contributed by atoms with Gasteiger partial charge in [0.1, 0.15) is 0 Å². The first-order chi connectivity index (χ1) is 7.77. The third kappa shape index (κ3) is 1.89. The third-order valence-electron chi connectivity index (χ3n) is 4.50. The zero-order valence-corrected chi connectivity index (χ0v) is 11.8. The van der Waals surface area contributed by atoms with E-state index in [9.17, 15) is 0 Å². The number of rotatable bonds is 4. The second-order valence-corrected chi connectivity index (χ2v) is 8.84. The topological polar surface area (TPSA) is 18.5 Å². The van der Waals surface area contributed by atoms with Crippen LogP contribution in [-0.2, 0) is 8.85 Å². The summed E-state index contributed by atoms with van der Waals surface area (Å²) in [6, 6.07) is 1.07. The van der Waals surface area contributed by atoms with Gasteiger partial charge in [-0.1, -0.05) is 18.1 Å². The maximum atomic E-state index is 5.85. The zero-order chi connectivity index (χ0) is 11.6. The fraction of sp³-hybridized carbons (Fsp3) is 0.846. The Labute approximate surface area is 100 Å². The fourth-order valence-electron chi connectivity index (χ4n) is 3.58. The van der Waals surface area contributed by atoms with Gasteiger partial charge in [-0.05, 0) is 44.6 Å². The molecule has 0 spiro atoms. The summed E-state index contributed by atoms with van der Waals surface area (Å²) in [7, 11) is 1.75. The van der Waals surface area contributed by atoms with Crippen molar-refractivity contribution in [2.75, 3.05) is 14.2 Å². The summed E-state index contributed by atoms with van der Waals surface area (Å²) < 4.78 is 11.7. The minimum atomic E-state index is -1.95. The fourth-order valence-corrected chi connectivity index (χ4v) is 6.85. The molecule has 2 aliphatic rings. The molecule has 0 saturated carbocycles. The van der Waals surface area contributed by atoms with Crippen LogP contribution in [0.15, 0.2) is 11.1 Å². The van der Waals surface area contributed by atoms with Crippen LogP contribution >= 0.6 is 0 Å². The molecule has 0 N–H and O–H groups in total. The minimum Gasteiger partial charge on any atom is -0.397 e. The average molecular weight is 240 g/mol. The van der Waals surface area contributed by atoms with E-state index >= 15 is 0 Å². The van der Waals surface area contributed by atoms with Crippen LogP contribution in [0.4, 0.5) is 0 Å². The van der Waals surface area contributed by atoms with Crippen molar-refractivity contribution in [3.8, 4) is 0 Å². The van der Waals surface area contributed by atoms with Gasteiger partial charge in [-0.3, -0.25) is 0 Å². The van der Waals surface area contributed by atoms with E-state index < -0.39 is 8.56 Å². The van der Waals surface area contributed by atoms with Gasteiger partial charge in [0, 0.05) is 19.8 Å². The van der Waals surface area contributed by atoms with Crippen molar-refractivity contribution in [1.29, 1.82) is 0 Å². The molecule has 0 radical (unpaired) electrons. The van der Waals surface area contributed by atoms with E-state index in [2.05, 4.69) is 6.92 Å². The zero-order valence-electron chi connectivity index (χ0n) is 10.8. The largest absolute Gasteiger partial charge is 0.397 e. The highest BCUT2D eigenvalue weighted by Gasteiger charge is 2.47. The van der Waals surface area contributed by atoms with E-state index in [0.29, 0.717) is 5.54 Å². The second-order valence-electron chi connectivity index (χ2n) is 5.00. The lowest BCUT2D eigenvalue weighted by atomic mass is 9.94. The molecule has 2 rings (SSSR count). The standard InChI is InChI=1S/C13H24O2Si/c1-4-16(14-2,15-3)13-10-9-11-7-5-6-8-12(11)13/h13H,4-10H2,1-3H3. The van der Waals surface area contributed by atoms with Crippen LogP contribution in [0.25, 0.3) is 0 Å². The molecule has 0 aromatic rings. The first-order valence-corrected chi connectivity index (χ1v) is 8.68.